The number of aromatic nitrogens is 2. The lowest BCUT2D eigenvalue weighted by Crippen LogP contribution is -2.35. The van der Waals surface area contributed by atoms with Crippen molar-refractivity contribution in [3.8, 4) is 11.5 Å². The summed E-state index contributed by atoms with van der Waals surface area (Å²) in [5.74, 6) is 0.341. The van der Waals surface area contributed by atoms with Crippen molar-refractivity contribution < 1.29 is 12.8 Å². The lowest BCUT2D eigenvalue weighted by atomic mass is 10.1. The minimum Gasteiger partial charge on any atom is -0.411 e. The Morgan fingerprint density at radius 3 is 2.58 bits per heavy atom. The Bertz CT molecular complexity index is 1090. The summed E-state index contributed by atoms with van der Waals surface area (Å²) in [6, 6.07) is 17.2. The molecule has 0 bridgehead atoms. The molecule has 1 atom stereocenters. The van der Waals surface area contributed by atoms with Crippen LogP contribution in [0.1, 0.15) is 38.2 Å². The van der Waals surface area contributed by atoms with E-state index < -0.39 is 10.0 Å². The Morgan fingerprint density at radius 2 is 1.81 bits per heavy atom. The van der Waals surface area contributed by atoms with E-state index in [1.54, 1.807) is 40.3 Å². The highest BCUT2D eigenvalue weighted by atomic mass is 32.2. The molecule has 1 aromatic heterocycles. The van der Waals surface area contributed by atoms with Crippen LogP contribution in [0, 0.1) is 0 Å². The molecule has 1 saturated heterocycles. The van der Waals surface area contributed by atoms with Gasteiger partial charge in [0.2, 0.25) is 15.9 Å². The predicted molar refractivity (Wildman–Crippen MR) is 122 cm³/mol. The molecule has 8 heteroatoms. The maximum Gasteiger partial charge on any atom is 0.277 e. The molecule has 4 rings (SSSR count). The number of rotatable bonds is 8. The minimum absolute atomic E-state index is 0.274. The van der Waals surface area contributed by atoms with E-state index in [1.165, 1.54) is 5.56 Å². The second kappa shape index (κ2) is 9.97. The van der Waals surface area contributed by atoms with E-state index in [2.05, 4.69) is 41.4 Å². The fraction of sp³-hybridized carbons (Fsp3) is 0.391. The largest absolute Gasteiger partial charge is 0.411 e. The molecule has 3 aromatic rings. The quantitative estimate of drug-likeness (QED) is 0.442. The first-order valence-electron chi connectivity index (χ1n) is 10.7. The Balaban J connectivity index is 1.42. The molecular weight excluding hydrogens is 430 g/mol. The number of hydrogen-bond donors (Lipinski definition) is 0. The van der Waals surface area contributed by atoms with Crippen molar-refractivity contribution in [2.24, 2.45) is 0 Å². The van der Waals surface area contributed by atoms with Gasteiger partial charge >= 0.3 is 0 Å². The zero-order chi connectivity index (χ0) is 21.7. The number of piperidine rings is 1. The van der Waals surface area contributed by atoms with Crippen molar-refractivity contribution >= 4 is 21.8 Å². The molecule has 0 aliphatic carbocycles. The molecule has 2 aromatic carbocycles. The molecule has 6 nitrogen and oxygen atoms in total. The van der Waals surface area contributed by atoms with Crippen LogP contribution >= 0.6 is 11.8 Å². The van der Waals surface area contributed by atoms with Crippen LogP contribution in [0.2, 0.25) is 0 Å². The van der Waals surface area contributed by atoms with Crippen molar-refractivity contribution in [1.82, 2.24) is 14.5 Å². The molecule has 0 saturated carbocycles. The first-order chi connectivity index (χ1) is 15.0. The van der Waals surface area contributed by atoms with Crippen LogP contribution in [0.3, 0.4) is 0 Å². The summed E-state index contributed by atoms with van der Waals surface area (Å²) in [6.45, 7) is 3.30. The molecule has 0 spiro atoms. The Morgan fingerprint density at radius 1 is 1.03 bits per heavy atom. The van der Waals surface area contributed by atoms with Gasteiger partial charge in [-0.3, -0.25) is 0 Å². The molecule has 0 N–H and O–H groups in total. The number of sulfonamides is 1. The lowest BCUT2D eigenvalue weighted by Gasteiger charge is -2.25. The summed E-state index contributed by atoms with van der Waals surface area (Å²) < 4.78 is 33.3. The highest BCUT2D eigenvalue weighted by Gasteiger charge is 2.26. The average Bonchev–Trinajstić information content (AvgIpc) is 3.27. The van der Waals surface area contributed by atoms with Gasteiger partial charge in [0, 0.05) is 23.9 Å². The van der Waals surface area contributed by atoms with Crippen LogP contribution in [-0.4, -0.2) is 41.3 Å². The third-order valence-electron chi connectivity index (χ3n) is 5.42. The molecule has 2 heterocycles. The SMILES string of the molecule is CC(CCc1ccccc1)Sc1nnc(-c2cccc(S(=O)(=O)N3CCCCC3)c2)o1. The van der Waals surface area contributed by atoms with Crippen molar-refractivity contribution in [3.63, 3.8) is 0 Å². The van der Waals surface area contributed by atoms with Crippen molar-refractivity contribution in [1.29, 1.82) is 0 Å². The number of hydrogen-bond acceptors (Lipinski definition) is 6. The van der Waals surface area contributed by atoms with Gasteiger partial charge in [0.25, 0.3) is 5.22 Å². The molecular formula is C23H27N3O3S2. The second-order valence-electron chi connectivity index (χ2n) is 7.82. The molecule has 1 aliphatic rings. The van der Waals surface area contributed by atoms with E-state index in [-0.39, 0.29) is 4.90 Å². The maximum absolute atomic E-state index is 13.0. The lowest BCUT2D eigenvalue weighted by molar-refractivity contribution is 0.346. The Labute approximate surface area is 188 Å². The molecule has 0 radical (unpaired) electrons. The highest BCUT2D eigenvalue weighted by molar-refractivity contribution is 7.99. The van der Waals surface area contributed by atoms with E-state index >= 15 is 0 Å². The molecule has 164 valence electrons. The van der Waals surface area contributed by atoms with Crippen LogP contribution in [0.25, 0.3) is 11.5 Å². The van der Waals surface area contributed by atoms with E-state index in [0.29, 0.717) is 35.0 Å². The highest BCUT2D eigenvalue weighted by Crippen LogP contribution is 2.30. The fourth-order valence-corrected chi connectivity index (χ4v) is 6.02. The van der Waals surface area contributed by atoms with Gasteiger partial charge in [0.05, 0.1) is 4.90 Å². The molecule has 0 amide bonds. The topological polar surface area (TPSA) is 76.3 Å². The minimum atomic E-state index is -3.50. The smallest absolute Gasteiger partial charge is 0.277 e. The van der Waals surface area contributed by atoms with Gasteiger partial charge in [0.1, 0.15) is 0 Å². The Kier molecular flexibility index (Phi) is 7.09. The monoisotopic (exact) mass is 457 g/mol. The molecule has 31 heavy (non-hydrogen) atoms. The third kappa shape index (κ3) is 5.56. The molecule has 1 unspecified atom stereocenters. The zero-order valence-electron chi connectivity index (χ0n) is 17.6. The van der Waals surface area contributed by atoms with Crippen LogP contribution in [0.4, 0.5) is 0 Å². The van der Waals surface area contributed by atoms with Gasteiger partial charge in [-0.1, -0.05) is 61.5 Å². The van der Waals surface area contributed by atoms with Crippen LogP contribution in [0.15, 0.2) is 69.1 Å². The van der Waals surface area contributed by atoms with Crippen molar-refractivity contribution in [2.45, 2.75) is 54.4 Å². The van der Waals surface area contributed by atoms with E-state index in [0.717, 1.165) is 32.1 Å². The first kappa shape index (κ1) is 22.0. The van der Waals surface area contributed by atoms with Crippen LogP contribution in [-0.2, 0) is 16.4 Å². The Hall–Kier alpha value is -2.16. The number of benzene rings is 2. The zero-order valence-corrected chi connectivity index (χ0v) is 19.2. The van der Waals surface area contributed by atoms with Crippen LogP contribution in [0.5, 0.6) is 0 Å². The summed E-state index contributed by atoms with van der Waals surface area (Å²) in [5.41, 5.74) is 1.93. The predicted octanol–water partition coefficient (Wildman–Crippen LogP) is 5.02. The van der Waals surface area contributed by atoms with E-state index in [4.69, 9.17) is 4.42 Å². The third-order valence-corrected chi connectivity index (χ3v) is 8.32. The second-order valence-corrected chi connectivity index (χ2v) is 11.1. The number of nitrogens with zero attached hydrogens (tertiary/aromatic N) is 3. The summed E-state index contributed by atoms with van der Waals surface area (Å²) in [5, 5.41) is 9.12. The summed E-state index contributed by atoms with van der Waals surface area (Å²) in [7, 11) is -3.50. The summed E-state index contributed by atoms with van der Waals surface area (Å²) in [4.78, 5) is 0.274. The van der Waals surface area contributed by atoms with Gasteiger partial charge in [-0.15, -0.1) is 10.2 Å². The maximum atomic E-state index is 13.0. The molecule has 1 aliphatic heterocycles. The van der Waals surface area contributed by atoms with Gasteiger partial charge in [0.15, 0.2) is 0 Å². The normalized spacial score (nSPS) is 16.3. The molecule has 1 fully saturated rings. The summed E-state index contributed by atoms with van der Waals surface area (Å²) >= 11 is 1.54. The van der Waals surface area contributed by atoms with E-state index in [1.807, 2.05) is 6.07 Å². The van der Waals surface area contributed by atoms with Crippen molar-refractivity contribution in [3.05, 3.63) is 60.2 Å². The van der Waals surface area contributed by atoms with Crippen LogP contribution < -0.4 is 0 Å². The summed E-state index contributed by atoms with van der Waals surface area (Å²) in [6.07, 6.45) is 4.89. The average molecular weight is 458 g/mol. The van der Waals surface area contributed by atoms with Gasteiger partial charge in [-0.2, -0.15) is 4.31 Å². The van der Waals surface area contributed by atoms with Gasteiger partial charge in [-0.05, 0) is 49.4 Å². The first-order valence-corrected chi connectivity index (χ1v) is 13.0. The van der Waals surface area contributed by atoms with Gasteiger partial charge < -0.3 is 4.42 Å². The fourth-order valence-electron chi connectivity index (χ4n) is 3.66. The van der Waals surface area contributed by atoms with E-state index in [9.17, 15) is 8.42 Å². The van der Waals surface area contributed by atoms with Crippen molar-refractivity contribution in [2.75, 3.05) is 13.1 Å². The van der Waals surface area contributed by atoms with Gasteiger partial charge in [-0.25, -0.2) is 8.42 Å². The number of aryl methyl sites for hydroxylation is 1. The number of thioether (sulfide) groups is 1. The standard InChI is InChI=1S/C23H27N3O3S2/c1-18(13-14-19-9-4-2-5-10-19)30-23-25-24-22(29-23)20-11-8-12-21(17-20)31(27,28)26-15-6-3-7-16-26/h2,4-5,8-12,17-18H,3,6-7,13-16H2,1H3.